The number of nitrogens with zero attached hydrogens (tertiary/aromatic N) is 5. The standard InChI is InChI=1S/C19H28N6O2/c1-4-8-27-18-6-5-15(10-21-18)11-22-19(20-2)25-7-9-26-17(14-25)16-12-23-24(3)13-16/h5-6,10,12-13,17H,4,7-9,11,14H2,1-3H3,(H,20,22). The number of aryl methyl sites for hydroxylation is 1. The summed E-state index contributed by atoms with van der Waals surface area (Å²) >= 11 is 0. The zero-order valence-corrected chi connectivity index (χ0v) is 16.3. The van der Waals surface area contributed by atoms with Gasteiger partial charge in [0, 0.05) is 51.2 Å². The third-order valence-electron chi connectivity index (χ3n) is 4.38. The van der Waals surface area contributed by atoms with Crippen LogP contribution in [0.1, 0.15) is 30.6 Å². The van der Waals surface area contributed by atoms with Crippen LogP contribution >= 0.6 is 0 Å². The molecule has 1 fully saturated rings. The number of pyridine rings is 1. The SMILES string of the molecule is CCCOc1ccc(CNC(=NC)N2CCOC(c3cnn(C)c3)C2)cn1. The van der Waals surface area contributed by atoms with E-state index >= 15 is 0 Å². The quantitative estimate of drug-likeness (QED) is 0.615. The number of morpholine rings is 1. The Balaban J connectivity index is 1.55. The summed E-state index contributed by atoms with van der Waals surface area (Å²) in [5.41, 5.74) is 2.17. The van der Waals surface area contributed by atoms with Gasteiger partial charge in [-0.2, -0.15) is 5.10 Å². The molecule has 0 radical (unpaired) electrons. The van der Waals surface area contributed by atoms with Crippen molar-refractivity contribution < 1.29 is 9.47 Å². The Kier molecular flexibility index (Phi) is 6.64. The first-order chi connectivity index (χ1) is 13.2. The smallest absolute Gasteiger partial charge is 0.213 e. The fraction of sp³-hybridized carbons (Fsp3) is 0.526. The molecular formula is C19H28N6O2. The molecule has 0 bridgehead atoms. The Hall–Kier alpha value is -2.61. The summed E-state index contributed by atoms with van der Waals surface area (Å²) in [4.78, 5) is 11.0. The van der Waals surface area contributed by atoms with Crippen LogP contribution in [0.25, 0.3) is 0 Å². The van der Waals surface area contributed by atoms with E-state index in [2.05, 4.69) is 32.2 Å². The Labute approximate surface area is 160 Å². The molecule has 8 nitrogen and oxygen atoms in total. The van der Waals surface area contributed by atoms with Gasteiger partial charge < -0.3 is 19.7 Å². The Morgan fingerprint density at radius 2 is 2.30 bits per heavy atom. The van der Waals surface area contributed by atoms with Crippen LogP contribution in [0.5, 0.6) is 5.88 Å². The maximum atomic E-state index is 5.91. The zero-order chi connectivity index (χ0) is 19.1. The molecule has 2 aromatic rings. The van der Waals surface area contributed by atoms with E-state index in [1.807, 2.05) is 37.8 Å². The average Bonchev–Trinajstić information content (AvgIpc) is 3.14. The number of hydrogen-bond acceptors (Lipinski definition) is 5. The van der Waals surface area contributed by atoms with Crippen molar-refractivity contribution in [2.45, 2.75) is 26.0 Å². The number of aromatic nitrogens is 3. The highest BCUT2D eigenvalue weighted by molar-refractivity contribution is 5.80. The van der Waals surface area contributed by atoms with E-state index < -0.39 is 0 Å². The average molecular weight is 372 g/mol. The van der Waals surface area contributed by atoms with Crippen LogP contribution in [-0.4, -0.2) is 59.0 Å². The molecule has 146 valence electrons. The van der Waals surface area contributed by atoms with E-state index in [0.29, 0.717) is 25.6 Å². The summed E-state index contributed by atoms with van der Waals surface area (Å²) in [7, 11) is 3.72. The third kappa shape index (κ3) is 5.19. The van der Waals surface area contributed by atoms with E-state index in [0.717, 1.165) is 36.6 Å². The molecule has 1 saturated heterocycles. The predicted octanol–water partition coefficient (Wildman–Crippen LogP) is 1.75. The number of aliphatic imine (C=N–C) groups is 1. The summed E-state index contributed by atoms with van der Waals surface area (Å²) in [5, 5.41) is 7.65. The zero-order valence-electron chi connectivity index (χ0n) is 16.3. The highest BCUT2D eigenvalue weighted by atomic mass is 16.5. The van der Waals surface area contributed by atoms with E-state index in [1.165, 1.54) is 0 Å². The van der Waals surface area contributed by atoms with Crippen LogP contribution in [0.4, 0.5) is 0 Å². The van der Waals surface area contributed by atoms with Gasteiger partial charge in [0.25, 0.3) is 0 Å². The molecule has 0 aromatic carbocycles. The molecule has 3 rings (SSSR count). The summed E-state index contributed by atoms with van der Waals surface area (Å²) in [6.07, 6.45) is 6.67. The molecular weight excluding hydrogens is 344 g/mol. The molecule has 8 heteroatoms. The molecule has 0 spiro atoms. The van der Waals surface area contributed by atoms with E-state index in [-0.39, 0.29) is 6.10 Å². The van der Waals surface area contributed by atoms with Crippen molar-refractivity contribution in [3.63, 3.8) is 0 Å². The third-order valence-corrected chi connectivity index (χ3v) is 4.38. The van der Waals surface area contributed by atoms with E-state index in [4.69, 9.17) is 9.47 Å². The molecule has 1 aliphatic rings. The van der Waals surface area contributed by atoms with Gasteiger partial charge >= 0.3 is 0 Å². The number of guanidine groups is 1. The van der Waals surface area contributed by atoms with Crippen LogP contribution in [-0.2, 0) is 18.3 Å². The first-order valence-corrected chi connectivity index (χ1v) is 9.33. The monoisotopic (exact) mass is 372 g/mol. The van der Waals surface area contributed by atoms with Crippen molar-refractivity contribution in [3.05, 3.63) is 41.9 Å². The van der Waals surface area contributed by atoms with Gasteiger partial charge in [-0.3, -0.25) is 9.67 Å². The van der Waals surface area contributed by atoms with Gasteiger partial charge in [-0.15, -0.1) is 0 Å². The summed E-state index contributed by atoms with van der Waals surface area (Å²) in [5.74, 6) is 1.52. The van der Waals surface area contributed by atoms with Gasteiger partial charge in [0.2, 0.25) is 5.88 Å². The molecule has 1 aliphatic heterocycles. The van der Waals surface area contributed by atoms with Crippen molar-refractivity contribution in [2.75, 3.05) is 33.4 Å². The van der Waals surface area contributed by atoms with Gasteiger partial charge in [0.1, 0.15) is 6.10 Å². The van der Waals surface area contributed by atoms with Gasteiger partial charge in [0.05, 0.1) is 26.0 Å². The Bertz CT molecular complexity index is 743. The van der Waals surface area contributed by atoms with Gasteiger partial charge in [-0.05, 0) is 12.0 Å². The molecule has 1 N–H and O–H groups in total. The summed E-state index contributed by atoms with van der Waals surface area (Å²) in [6.45, 7) is 5.63. The lowest BCUT2D eigenvalue weighted by Crippen LogP contribution is -2.47. The van der Waals surface area contributed by atoms with Crippen LogP contribution in [0.2, 0.25) is 0 Å². The molecule has 1 atom stereocenters. The summed E-state index contributed by atoms with van der Waals surface area (Å²) < 4.78 is 13.2. The van der Waals surface area contributed by atoms with E-state index in [1.54, 1.807) is 11.7 Å². The number of hydrogen-bond donors (Lipinski definition) is 1. The Morgan fingerprint density at radius 1 is 1.41 bits per heavy atom. The van der Waals surface area contributed by atoms with Crippen LogP contribution < -0.4 is 10.1 Å². The highest BCUT2D eigenvalue weighted by Crippen LogP contribution is 2.21. The topological polar surface area (TPSA) is 76.8 Å². The molecule has 1 unspecified atom stereocenters. The van der Waals surface area contributed by atoms with Crippen LogP contribution in [0.3, 0.4) is 0 Å². The van der Waals surface area contributed by atoms with Gasteiger partial charge in [0.15, 0.2) is 5.96 Å². The fourth-order valence-electron chi connectivity index (χ4n) is 2.97. The number of rotatable bonds is 6. The number of ether oxygens (including phenoxy) is 2. The summed E-state index contributed by atoms with van der Waals surface area (Å²) in [6, 6.07) is 3.93. The van der Waals surface area contributed by atoms with Crippen LogP contribution in [0, 0.1) is 0 Å². The molecule has 0 amide bonds. The van der Waals surface area contributed by atoms with Crippen LogP contribution in [0.15, 0.2) is 35.7 Å². The second-order valence-electron chi connectivity index (χ2n) is 6.51. The van der Waals surface area contributed by atoms with Crippen molar-refractivity contribution >= 4 is 5.96 Å². The first-order valence-electron chi connectivity index (χ1n) is 9.33. The normalized spacial score (nSPS) is 17.8. The lowest BCUT2D eigenvalue weighted by Gasteiger charge is -2.34. The molecule has 2 aromatic heterocycles. The van der Waals surface area contributed by atoms with Gasteiger partial charge in [-0.25, -0.2) is 4.98 Å². The maximum Gasteiger partial charge on any atom is 0.213 e. The number of nitrogens with one attached hydrogen (secondary N) is 1. The fourth-order valence-corrected chi connectivity index (χ4v) is 2.97. The van der Waals surface area contributed by atoms with Crippen molar-refractivity contribution in [1.29, 1.82) is 0 Å². The minimum Gasteiger partial charge on any atom is -0.478 e. The molecule has 0 aliphatic carbocycles. The molecule has 3 heterocycles. The van der Waals surface area contributed by atoms with Gasteiger partial charge in [-0.1, -0.05) is 13.0 Å². The molecule has 27 heavy (non-hydrogen) atoms. The maximum absolute atomic E-state index is 5.91. The van der Waals surface area contributed by atoms with Crippen molar-refractivity contribution in [3.8, 4) is 5.88 Å². The predicted molar refractivity (Wildman–Crippen MR) is 104 cm³/mol. The van der Waals surface area contributed by atoms with Crippen molar-refractivity contribution in [1.82, 2.24) is 25.0 Å². The minimum atomic E-state index is 0.00247. The highest BCUT2D eigenvalue weighted by Gasteiger charge is 2.25. The Morgan fingerprint density at radius 3 is 2.96 bits per heavy atom. The lowest BCUT2D eigenvalue weighted by molar-refractivity contribution is -0.00805. The molecule has 0 saturated carbocycles. The second kappa shape index (κ2) is 9.36. The van der Waals surface area contributed by atoms with Crippen molar-refractivity contribution in [2.24, 2.45) is 12.0 Å². The first kappa shape index (κ1) is 19.2. The largest absolute Gasteiger partial charge is 0.478 e. The second-order valence-corrected chi connectivity index (χ2v) is 6.51. The minimum absolute atomic E-state index is 0.00247. The van der Waals surface area contributed by atoms with E-state index in [9.17, 15) is 0 Å². The lowest BCUT2D eigenvalue weighted by atomic mass is 10.1.